The smallest absolute Gasteiger partial charge is 0.253 e. The van der Waals surface area contributed by atoms with Crippen LogP contribution >= 0.6 is 46.6 Å². The van der Waals surface area contributed by atoms with Gasteiger partial charge in [-0.2, -0.15) is 0 Å². The van der Waals surface area contributed by atoms with Crippen molar-refractivity contribution in [2.45, 2.75) is 38.0 Å². The van der Waals surface area contributed by atoms with Gasteiger partial charge in [0.2, 0.25) is 5.91 Å². The minimum Gasteiger partial charge on any atom is -0.342 e. The van der Waals surface area contributed by atoms with Gasteiger partial charge < -0.3 is 15.2 Å². The predicted molar refractivity (Wildman–Crippen MR) is 147 cm³/mol. The van der Waals surface area contributed by atoms with Crippen molar-refractivity contribution in [2.75, 3.05) is 11.1 Å². The molecule has 11 heteroatoms. The van der Waals surface area contributed by atoms with E-state index in [1.54, 1.807) is 48.5 Å². The monoisotopic (exact) mass is 565 g/mol. The molecule has 2 N–H and O–H groups in total. The van der Waals surface area contributed by atoms with Gasteiger partial charge in [0.1, 0.15) is 0 Å². The minimum absolute atomic E-state index is 0.0684. The lowest BCUT2D eigenvalue weighted by Gasteiger charge is -2.21. The molecule has 0 fully saturated rings. The molecule has 0 saturated heterocycles. The molecule has 36 heavy (non-hydrogen) atoms. The number of nitrogens with one attached hydrogen (secondary N) is 2. The highest BCUT2D eigenvalue weighted by molar-refractivity contribution is 7.99. The highest BCUT2D eigenvalue weighted by atomic mass is 35.5. The third-order valence-corrected chi connectivity index (χ3v) is 6.90. The van der Waals surface area contributed by atoms with Crippen LogP contribution in [0.15, 0.2) is 60.3 Å². The minimum atomic E-state index is -0.422. The summed E-state index contributed by atoms with van der Waals surface area (Å²) in [5.41, 5.74) is 0.816. The molecule has 0 radical (unpaired) electrons. The van der Waals surface area contributed by atoms with E-state index in [1.807, 2.05) is 4.57 Å². The van der Waals surface area contributed by atoms with Crippen molar-refractivity contribution in [2.24, 2.45) is 5.92 Å². The van der Waals surface area contributed by atoms with Gasteiger partial charge >= 0.3 is 0 Å². The number of nitrogens with zero attached hydrogens (tertiary/aromatic N) is 3. The number of hydrogen-bond acceptors (Lipinski definition) is 5. The zero-order valence-electron chi connectivity index (χ0n) is 19.8. The van der Waals surface area contributed by atoms with Crippen LogP contribution in [0.2, 0.25) is 15.1 Å². The molecule has 1 heterocycles. The first-order chi connectivity index (χ1) is 17.2. The molecule has 0 aliphatic rings. The van der Waals surface area contributed by atoms with Gasteiger partial charge in [-0.25, -0.2) is 0 Å². The van der Waals surface area contributed by atoms with Crippen LogP contribution in [0.5, 0.6) is 0 Å². The van der Waals surface area contributed by atoms with E-state index >= 15 is 0 Å². The number of halogens is 3. The number of aromatic nitrogens is 3. The van der Waals surface area contributed by atoms with Gasteiger partial charge in [0.05, 0.1) is 33.1 Å². The van der Waals surface area contributed by atoms with Gasteiger partial charge in [-0.3, -0.25) is 9.59 Å². The molecule has 0 aliphatic carbocycles. The Bertz CT molecular complexity index is 1250. The Morgan fingerprint density at radius 1 is 1.11 bits per heavy atom. The Labute approximate surface area is 229 Å². The molecule has 0 saturated carbocycles. The van der Waals surface area contributed by atoms with Crippen molar-refractivity contribution < 1.29 is 9.59 Å². The first-order valence-corrected chi connectivity index (χ1v) is 13.3. The topological polar surface area (TPSA) is 88.9 Å². The van der Waals surface area contributed by atoms with Crippen molar-refractivity contribution in [1.29, 1.82) is 0 Å². The molecule has 0 aliphatic heterocycles. The third-order valence-electron chi connectivity index (χ3n) is 5.03. The summed E-state index contributed by atoms with van der Waals surface area (Å²) < 4.78 is 1.84. The van der Waals surface area contributed by atoms with Crippen molar-refractivity contribution in [3.8, 4) is 0 Å². The van der Waals surface area contributed by atoms with Gasteiger partial charge in [0.15, 0.2) is 11.0 Å². The van der Waals surface area contributed by atoms with Crippen molar-refractivity contribution in [3.05, 3.63) is 81.6 Å². The number of carbonyl (C=O) groups excluding carboxylic acids is 2. The van der Waals surface area contributed by atoms with E-state index in [0.29, 0.717) is 50.3 Å². The number of benzene rings is 2. The Morgan fingerprint density at radius 3 is 2.56 bits per heavy atom. The number of allylic oxidation sites excluding steroid dienone is 1. The molecular formula is C25H26Cl3N5O2S. The van der Waals surface area contributed by atoms with Crippen LogP contribution in [-0.2, 0) is 11.3 Å². The predicted octanol–water partition coefficient (Wildman–Crippen LogP) is 6.67. The van der Waals surface area contributed by atoms with Gasteiger partial charge in [-0.1, -0.05) is 78.6 Å². The average molecular weight is 567 g/mol. The lowest BCUT2D eigenvalue weighted by Crippen LogP contribution is -2.32. The Kier molecular flexibility index (Phi) is 10.2. The lowest BCUT2D eigenvalue weighted by atomic mass is 10.0. The highest BCUT2D eigenvalue weighted by Gasteiger charge is 2.25. The second kappa shape index (κ2) is 13.1. The second-order valence-corrected chi connectivity index (χ2v) is 10.5. The number of thioether (sulfide) groups is 1. The van der Waals surface area contributed by atoms with Crippen LogP contribution in [0, 0.1) is 5.92 Å². The molecule has 3 rings (SSSR count). The van der Waals surface area contributed by atoms with Crippen LogP contribution in [0.1, 0.15) is 42.5 Å². The van der Waals surface area contributed by atoms with Crippen LogP contribution in [0.3, 0.4) is 0 Å². The quantitative estimate of drug-likeness (QED) is 0.200. The summed E-state index contributed by atoms with van der Waals surface area (Å²) in [6.45, 7) is 8.35. The summed E-state index contributed by atoms with van der Waals surface area (Å²) in [6, 6.07) is 11.3. The molecule has 7 nitrogen and oxygen atoms in total. The summed E-state index contributed by atoms with van der Waals surface area (Å²) in [6.07, 6.45) is 2.34. The summed E-state index contributed by atoms with van der Waals surface area (Å²) >= 11 is 19.6. The Hall–Kier alpha value is -2.52. The van der Waals surface area contributed by atoms with Crippen molar-refractivity contribution >= 4 is 64.1 Å². The van der Waals surface area contributed by atoms with Crippen LogP contribution < -0.4 is 10.6 Å². The molecule has 190 valence electrons. The number of hydrogen-bond donors (Lipinski definition) is 2. The molecule has 0 unspecified atom stereocenters. The first kappa shape index (κ1) is 28.1. The summed E-state index contributed by atoms with van der Waals surface area (Å²) in [4.78, 5) is 25.6. The molecule has 2 aromatic carbocycles. The maximum Gasteiger partial charge on any atom is 0.253 e. The Morgan fingerprint density at radius 2 is 1.86 bits per heavy atom. The number of anilines is 1. The third kappa shape index (κ3) is 7.49. The fraction of sp³-hybridized carbons (Fsp3) is 0.280. The number of amides is 2. The standard InChI is InChI=1S/C25H26Cl3N5O2S/c1-4-11-33-23(21(12-15(2)3)30-24(35)17-7-5-6-8-18(17)27)31-32-25(33)36-14-22(34)29-20-13-16(26)9-10-19(20)28/h4-10,13,15,21H,1,11-12,14H2,2-3H3,(H,29,34)(H,30,35)/t21-/m1/s1. The average Bonchev–Trinajstić information content (AvgIpc) is 3.22. The fourth-order valence-corrected chi connectivity index (χ4v) is 4.77. The van der Waals surface area contributed by atoms with Crippen LogP contribution in [-0.4, -0.2) is 32.3 Å². The summed E-state index contributed by atoms with van der Waals surface area (Å²) in [5, 5.41) is 16.2. The second-order valence-electron chi connectivity index (χ2n) is 8.34. The van der Waals surface area contributed by atoms with Gasteiger partial charge in [-0.15, -0.1) is 16.8 Å². The first-order valence-electron chi connectivity index (χ1n) is 11.2. The lowest BCUT2D eigenvalue weighted by molar-refractivity contribution is -0.113. The van der Waals surface area contributed by atoms with E-state index < -0.39 is 6.04 Å². The van der Waals surface area contributed by atoms with Gasteiger partial charge in [0, 0.05) is 11.6 Å². The zero-order valence-corrected chi connectivity index (χ0v) is 22.9. The molecule has 2 amide bonds. The molecular weight excluding hydrogens is 541 g/mol. The molecule has 1 atom stereocenters. The maximum absolute atomic E-state index is 13.0. The van der Waals surface area contributed by atoms with E-state index in [-0.39, 0.29) is 23.5 Å². The fourth-order valence-electron chi connectivity index (χ4n) is 3.46. The molecule has 0 spiro atoms. The van der Waals surface area contributed by atoms with Crippen molar-refractivity contribution in [1.82, 2.24) is 20.1 Å². The summed E-state index contributed by atoms with van der Waals surface area (Å²) in [7, 11) is 0. The van der Waals surface area contributed by atoms with Crippen molar-refractivity contribution in [3.63, 3.8) is 0 Å². The number of rotatable bonds is 11. The largest absolute Gasteiger partial charge is 0.342 e. The van der Waals surface area contributed by atoms with E-state index in [2.05, 4.69) is 41.3 Å². The summed E-state index contributed by atoms with van der Waals surface area (Å²) in [5.74, 6) is 0.333. The van der Waals surface area contributed by atoms with Gasteiger partial charge in [0.25, 0.3) is 5.91 Å². The van der Waals surface area contributed by atoms with E-state index in [0.717, 1.165) is 0 Å². The normalized spacial score (nSPS) is 11.8. The van der Waals surface area contributed by atoms with E-state index in [9.17, 15) is 9.59 Å². The Balaban J connectivity index is 1.79. The van der Waals surface area contributed by atoms with Gasteiger partial charge in [-0.05, 0) is 42.7 Å². The SMILES string of the molecule is C=CCn1c(SCC(=O)Nc2cc(Cl)ccc2Cl)nnc1[C@@H](CC(C)C)NC(=O)c1ccccc1Cl. The highest BCUT2D eigenvalue weighted by Crippen LogP contribution is 2.28. The molecule has 1 aromatic heterocycles. The molecule has 3 aromatic rings. The van der Waals surface area contributed by atoms with Crippen LogP contribution in [0.25, 0.3) is 0 Å². The van der Waals surface area contributed by atoms with E-state index in [4.69, 9.17) is 34.8 Å². The maximum atomic E-state index is 13.0. The van der Waals surface area contributed by atoms with Crippen LogP contribution in [0.4, 0.5) is 5.69 Å². The zero-order chi connectivity index (χ0) is 26.2. The van der Waals surface area contributed by atoms with E-state index in [1.165, 1.54) is 11.8 Å². The number of carbonyl (C=O) groups is 2. The molecule has 0 bridgehead atoms.